The molecule has 1 amide bonds. The summed E-state index contributed by atoms with van der Waals surface area (Å²) >= 11 is 0. The fourth-order valence-electron chi connectivity index (χ4n) is 2.68. The number of nitrogens with one attached hydrogen (secondary N) is 1. The number of aliphatic carboxylic acids is 1. The second-order valence-corrected chi connectivity index (χ2v) is 7.70. The Balaban J connectivity index is 1.72. The van der Waals surface area contributed by atoms with Crippen molar-refractivity contribution in [3.8, 4) is 0 Å². The molecule has 2 heterocycles. The molecule has 2 N–H and O–H groups in total. The molecule has 2 aliphatic heterocycles. The molecule has 0 saturated carbocycles. The van der Waals surface area contributed by atoms with E-state index in [-0.39, 0.29) is 35.9 Å². The van der Waals surface area contributed by atoms with E-state index >= 15 is 0 Å². The molecule has 2 rings (SSSR count). The van der Waals surface area contributed by atoms with Crippen molar-refractivity contribution >= 4 is 21.7 Å². The molecule has 7 nitrogen and oxygen atoms in total. The Bertz CT molecular complexity index is 482. The van der Waals surface area contributed by atoms with E-state index in [0.717, 1.165) is 0 Å². The van der Waals surface area contributed by atoms with Crippen LogP contribution in [-0.4, -0.2) is 67.5 Å². The van der Waals surface area contributed by atoms with Crippen LogP contribution in [0.3, 0.4) is 0 Å². The first-order valence-corrected chi connectivity index (χ1v) is 8.64. The minimum absolute atomic E-state index is 0.0851. The molecule has 0 spiro atoms. The van der Waals surface area contributed by atoms with Crippen LogP contribution in [0, 0.1) is 5.92 Å². The number of likely N-dealkylation sites (tertiary alicyclic amines) is 1. The number of hydrogen-bond donors (Lipinski definition) is 2. The Morgan fingerprint density at radius 3 is 2.35 bits per heavy atom. The SMILES string of the molecule is O=C(O)C1CCN(C(=O)CNC2CCS(=O)(=O)C2)CC1. The van der Waals surface area contributed by atoms with Gasteiger partial charge < -0.3 is 15.3 Å². The van der Waals surface area contributed by atoms with Crippen molar-refractivity contribution in [2.24, 2.45) is 5.92 Å². The summed E-state index contributed by atoms with van der Waals surface area (Å²) in [6, 6.07) is -0.138. The van der Waals surface area contributed by atoms with Crippen LogP contribution in [0.5, 0.6) is 0 Å². The topological polar surface area (TPSA) is 104 Å². The lowest BCUT2D eigenvalue weighted by molar-refractivity contribution is -0.145. The standard InChI is InChI=1S/C12H20N2O5S/c15-11(7-13-10-3-6-20(18,19)8-10)14-4-1-9(2-5-14)12(16)17/h9-10,13H,1-8H2,(H,16,17). The molecule has 0 radical (unpaired) electrons. The van der Waals surface area contributed by atoms with Crippen LogP contribution in [0.25, 0.3) is 0 Å². The number of amides is 1. The van der Waals surface area contributed by atoms with Crippen LogP contribution >= 0.6 is 0 Å². The molecule has 20 heavy (non-hydrogen) atoms. The number of carbonyl (C=O) groups is 2. The van der Waals surface area contributed by atoms with Gasteiger partial charge in [-0.2, -0.15) is 0 Å². The monoisotopic (exact) mass is 304 g/mol. The van der Waals surface area contributed by atoms with Gasteiger partial charge in [0.05, 0.1) is 24.0 Å². The minimum Gasteiger partial charge on any atom is -0.481 e. The predicted molar refractivity (Wildman–Crippen MR) is 72.0 cm³/mol. The number of hydrogen-bond acceptors (Lipinski definition) is 5. The molecule has 0 aliphatic carbocycles. The number of nitrogens with zero attached hydrogens (tertiary/aromatic N) is 1. The van der Waals surface area contributed by atoms with E-state index in [1.165, 1.54) is 0 Å². The first kappa shape index (κ1) is 15.2. The Kier molecular flexibility index (Phi) is 4.64. The maximum absolute atomic E-state index is 12.0. The van der Waals surface area contributed by atoms with Crippen LogP contribution in [-0.2, 0) is 19.4 Å². The number of carboxylic acids is 1. The van der Waals surface area contributed by atoms with Gasteiger partial charge >= 0.3 is 5.97 Å². The smallest absolute Gasteiger partial charge is 0.306 e. The third-order valence-corrected chi connectivity index (χ3v) is 5.74. The fourth-order valence-corrected chi connectivity index (χ4v) is 4.38. The third kappa shape index (κ3) is 3.92. The van der Waals surface area contributed by atoms with E-state index in [2.05, 4.69) is 5.32 Å². The van der Waals surface area contributed by atoms with Gasteiger partial charge in [-0.25, -0.2) is 8.42 Å². The van der Waals surface area contributed by atoms with E-state index in [4.69, 9.17) is 5.11 Å². The van der Waals surface area contributed by atoms with Gasteiger partial charge in [0.1, 0.15) is 0 Å². The van der Waals surface area contributed by atoms with Gasteiger partial charge in [0.25, 0.3) is 0 Å². The summed E-state index contributed by atoms with van der Waals surface area (Å²) in [5.74, 6) is -0.957. The maximum atomic E-state index is 12.0. The fraction of sp³-hybridized carbons (Fsp3) is 0.833. The zero-order valence-corrected chi connectivity index (χ0v) is 12.1. The largest absolute Gasteiger partial charge is 0.481 e. The van der Waals surface area contributed by atoms with Crippen molar-refractivity contribution in [3.05, 3.63) is 0 Å². The molecule has 2 aliphatic rings. The lowest BCUT2D eigenvalue weighted by Crippen LogP contribution is -2.46. The average molecular weight is 304 g/mol. The average Bonchev–Trinajstić information content (AvgIpc) is 2.75. The van der Waals surface area contributed by atoms with Crippen molar-refractivity contribution in [1.82, 2.24) is 10.2 Å². The quantitative estimate of drug-likeness (QED) is 0.696. The maximum Gasteiger partial charge on any atom is 0.306 e. The van der Waals surface area contributed by atoms with Crippen LogP contribution in [0.15, 0.2) is 0 Å². The molecule has 1 atom stereocenters. The first-order chi connectivity index (χ1) is 9.37. The van der Waals surface area contributed by atoms with Gasteiger partial charge in [0.2, 0.25) is 5.91 Å². The van der Waals surface area contributed by atoms with Gasteiger partial charge in [-0.05, 0) is 19.3 Å². The number of carboxylic acid groups (broad SMARTS) is 1. The van der Waals surface area contributed by atoms with Gasteiger partial charge in [-0.15, -0.1) is 0 Å². The summed E-state index contributed by atoms with van der Waals surface area (Å²) in [6.07, 6.45) is 1.52. The number of carbonyl (C=O) groups excluding carboxylic acids is 1. The Labute approximate surface area is 118 Å². The number of sulfone groups is 1. The zero-order chi connectivity index (χ0) is 14.8. The second kappa shape index (κ2) is 6.09. The molecule has 114 valence electrons. The van der Waals surface area contributed by atoms with Crippen molar-refractivity contribution < 1.29 is 23.1 Å². The molecule has 8 heteroatoms. The Morgan fingerprint density at radius 2 is 1.85 bits per heavy atom. The van der Waals surface area contributed by atoms with Crippen LogP contribution < -0.4 is 5.32 Å². The van der Waals surface area contributed by atoms with E-state index < -0.39 is 15.8 Å². The summed E-state index contributed by atoms with van der Waals surface area (Å²) < 4.78 is 22.6. The summed E-state index contributed by atoms with van der Waals surface area (Å²) in [6.45, 7) is 1.04. The third-order valence-electron chi connectivity index (χ3n) is 3.97. The van der Waals surface area contributed by atoms with Gasteiger partial charge in [0, 0.05) is 19.1 Å². The lowest BCUT2D eigenvalue weighted by atomic mass is 9.97. The predicted octanol–water partition coefficient (Wildman–Crippen LogP) is -0.914. The van der Waals surface area contributed by atoms with Crippen molar-refractivity contribution in [3.63, 3.8) is 0 Å². The van der Waals surface area contributed by atoms with Crippen LogP contribution in [0.4, 0.5) is 0 Å². The van der Waals surface area contributed by atoms with Crippen molar-refractivity contribution in [1.29, 1.82) is 0 Å². The van der Waals surface area contributed by atoms with E-state index in [0.29, 0.717) is 32.4 Å². The molecule has 1 unspecified atom stereocenters. The Hall–Kier alpha value is -1.15. The van der Waals surface area contributed by atoms with E-state index in [1.54, 1.807) is 4.90 Å². The van der Waals surface area contributed by atoms with E-state index in [9.17, 15) is 18.0 Å². The second-order valence-electron chi connectivity index (χ2n) is 5.47. The molecular formula is C12H20N2O5S. The summed E-state index contributed by atoms with van der Waals surface area (Å²) in [7, 11) is -2.94. The molecule has 0 aromatic rings. The van der Waals surface area contributed by atoms with Crippen LogP contribution in [0.1, 0.15) is 19.3 Å². The zero-order valence-electron chi connectivity index (χ0n) is 11.2. The van der Waals surface area contributed by atoms with Crippen LogP contribution in [0.2, 0.25) is 0 Å². The number of piperidine rings is 1. The van der Waals surface area contributed by atoms with Gasteiger partial charge in [0.15, 0.2) is 9.84 Å². The lowest BCUT2D eigenvalue weighted by Gasteiger charge is -2.30. The minimum atomic E-state index is -2.94. The van der Waals surface area contributed by atoms with Gasteiger partial charge in [-0.3, -0.25) is 9.59 Å². The van der Waals surface area contributed by atoms with Crippen molar-refractivity contribution in [2.75, 3.05) is 31.1 Å². The highest BCUT2D eigenvalue weighted by molar-refractivity contribution is 7.91. The normalized spacial score (nSPS) is 26.6. The summed E-state index contributed by atoms with van der Waals surface area (Å²) in [5, 5.41) is 11.9. The Morgan fingerprint density at radius 1 is 1.20 bits per heavy atom. The highest BCUT2D eigenvalue weighted by Crippen LogP contribution is 2.17. The highest BCUT2D eigenvalue weighted by Gasteiger charge is 2.30. The van der Waals surface area contributed by atoms with Crippen molar-refractivity contribution in [2.45, 2.75) is 25.3 Å². The summed E-state index contributed by atoms with van der Waals surface area (Å²) in [4.78, 5) is 24.4. The summed E-state index contributed by atoms with van der Waals surface area (Å²) in [5.41, 5.74) is 0. The molecule has 0 aromatic heterocycles. The molecule has 2 saturated heterocycles. The molecular weight excluding hydrogens is 284 g/mol. The highest BCUT2D eigenvalue weighted by atomic mass is 32.2. The molecule has 0 bridgehead atoms. The molecule has 0 aromatic carbocycles. The van der Waals surface area contributed by atoms with E-state index in [1.807, 2.05) is 0 Å². The number of rotatable bonds is 4. The van der Waals surface area contributed by atoms with Gasteiger partial charge in [-0.1, -0.05) is 0 Å². The first-order valence-electron chi connectivity index (χ1n) is 6.82. The molecule has 2 fully saturated rings.